The van der Waals surface area contributed by atoms with E-state index in [0.29, 0.717) is 15.0 Å². The number of carbonyl (C=O) groups excluding carboxylic acids is 1. The van der Waals surface area contributed by atoms with Crippen LogP contribution in [0.5, 0.6) is 0 Å². The van der Waals surface area contributed by atoms with Crippen molar-refractivity contribution in [2.45, 2.75) is 6.92 Å². The molecule has 18 heavy (non-hydrogen) atoms. The van der Waals surface area contributed by atoms with Gasteiger partial charge >= 0.3 is 0 Å². The molecule has 0 aliphatic rings. The van der Waals surface area contributed by atoms with Crippen LogP contribution in [0.2, 0.25) is 0 Å². The first-order valence-electron chi connectivity index (χ1n) is 5.38. The molecule has 0 saturated heterocycles. The number of nitrogens with one attached hydrogen (secondary N) is 1. The van der Waals surface area contributed by atoms with Crippen molar-refractivity contribution >= 4 is 34.2 Å². The SMILES string of the molecule is Cc1ccc(C(=O)Nc2ccc(F)cc2I)n1C. The van der Waals surface area contributed by atoms with Crippen LogP contribution in [0.1, 0.15) is 16.2 Å². The van der Waals surface area contributed by atoms with Gasteiger partial charge in [0, 0.05) is 16.3 Å². The molecule has 0 radical (unpaired) electrons. The van der Waals surface area contributed by atoms with Gasteiger partial charge in [0.1, 0.15) is 11.5 Å². The Balaban J connectivity index is 2.24. The van der Waals surface area contributed by atoms with Crippen LogP contribution in [0.15, 0.2) is 30.3 Å². The average molecular weight is 358 g/mol. The lowest BCUT2D eigenvalue weighted by Gasteiger charge is -2.08. The van der Waals surface area contributed by atoms with E-state index in [1.165, 1.54) is 12.1 Å². The van der Waals surface area contributed by atoms with E-state index in [4.69, 9.17) is 0 Å². The van der Waals surface area contributed by atoms with Gasteiger partial charge in [-0.15, -0.1) is 0 Å². The van der Waals surface area contributed by atoms with Crippen LogP contribution in [0.25, 0.3) is 0 Å². The van der Waals surface area contributed by atoms with Gasteiger partial charge in [-0.1, -0.05) is 0 Å². The fourth-order valence-electron chi connectivity index (χ4n) is 1.62. The molecule has 0 aliphatic carbocycles. The first-order chi connectivity index (χ1) is 8.49. The quantitative estimate of drug-likeness (QED) is 0.822. The molecule has 0 spiro atoms. The highest BCUT2D eigenvalue weighted by Crippen LogP contribution is 2.20. The van der Waals surface area contributed by atoms with Gasteiger partial charge in [-0.2, -0.15) is 0 Å². The number of hydrogen-bond acceptors (Lipinski definition) is 1. The van der Waals surface area contributed by atoms with Gasteiger partial charge < -0.3 is 9.88 Å². The van der Waals surface area contributed by atoms with E-state index in [9.17, 15) is 9.18 Å². The summed E-state index contributed by atoms with van der Waals surface area (Å²) in [5, 5.41) is 2.77. The molecule has 0 bridgehead atoms. The number of halogens is 2. The fraction of sp³-hybridized carbons (Fsp3) is 0.154. The van der Waals surface area contributed by atoms with Crippen LogP contribution in [-0.2, 0) is 7.05 Å². The van der Waals surface area contributed by atoms with Crippen LogP contribution in [0.4, 0.5) is 10.1 Å². The molecule has 0 fully saturated rings. The second kappa shape index (κ2) is 5.09. The first-order valence-corrected chi connectivity index (χ1v) is 6.45. The summed E-state index contributed by atoms with van der Waals surface area (Å²) in [4.78, 5) is 12.1. The standard InChI is InChI=1S/C13H12FIN2O/c1-8-3-6-12(17(8)2)13(18)16-11-5-4-9(14)7-10(11)15/h3-7H,1-2H3,(H,16,18). The van der Waals surface area contributed by atoms with Crippen molar-refractivity contribution in [2.75, 3.05) is 5.32 Å². The Morgan fingerprint density at radius 2 is 2.06 bits per heavy atom. The van der Waals surface area contributed by atoms with Gasteiger partial charge in [-0.05, 0) is 59.8 Å². The fourth-order valence-corrected chi connectivity index (χ4v) is 2.23. The molecule has 2 aromatic rings. The van der Waals surface area contributed by atoms with E-state index in [2.05, 4.69) is 5.32 Å². The monoisotopic (exact) mass is 358 g/mol. The molecular formula is C13H12FIN2O. The highest BCUT2D eigenvalue weighted by Gasteiger charge is 2.12. The number of anilines is 1. The van der Waals surface area contributed by atoms with Crippen molar-refractivity contribution in [3.05, 3.63) is 51.1 Å². The van der Waals surface area contributed by atoms with Crippen LogP contribution in [0.3, 0.4) is 0 Å². The molecule has 3 nitrogen and oxygen atoms in total. The van der Waals surface area contributed by atoms with Gasteiger partial charge in [0.05, 0.1) is 5.69 Å². The van der Waals surface area contributed by atoms with Crippen LogP contribution < -0.4 is 5.32 Å². The first kappa shape index (κ1) is 13.1. The Bertz CT molecular complexity index is 607. The second-order valence-corrected chi connectivity index (χ2v) is 5.16. The highest BCUT2D eigenvalue weighted by atomic mass is 127. The lowest BCUT2D eigenvalue weighted by Crippen LogP contribution is -2.16. The Morgan fingerprint density at radius 3 is 2.61 bits per heavy atom. The van der Waals surface area contributed by atoms with Crippen molar-refractivity contribution in [1.82, 2.24) is 4.57 Å². The predicted octanol–water partition coefficient (Wildman–Crippen LogP) is 3.33. The molecule has 2 rings (SSSR count). The smallest absolute Gasteiger partial charge is 0.272 e. The maximum atomic E-state index is 13.0. The van der Waals surface area contributed by atoms with E-state index in [1.807, 2.05) is 47.2 Å². The maximum Gasteiger partial charge on any atom is 0.272 e. The largest absolute Gasteiger partial charge is 0.344 e. The normalized spacial score (nSPS) is 10.4. The van der Waals surface area contributed by atoms with Crippen molar-refractivity contribution in [2.24, 2.45) is 7.05 Å². The molecule has 0 unspecified atom stereocenters. The number of amides is 1. The topological polar surface area (TPSA) is 34.0 Å². The zero-order chi connectivity index (χ0) is 13.3. The molecule has 1 aromatic heterocycles. The van der Waals surface area contributed by atoms with E-state index in [-0.39, 0.29) is 11.7 Å². The molecule has 1 heterocycles. The van der Waals surface area contributed by atoms with Crippen molar-refractivity contribution in [1.29, 1.82) is 0 Å². The molecule has 94 valence electrons. The molecule has 1 aromatic carbocycles. The number of aryl methyl sites for hydroxylation is 1. The minimum Gasteiger partial charge on any atom is -0.344 e. The third kappa shape index (κ3) is 2.55. The lowest BCUT2D eigenvalue weighted by atomic mass is 10.3. The molecule has 0 aliphatic heterocycles. The number of aromatic nitrogens is 1. The second-order valence-electron chi connectivity index (χ2n) is 4.00. The molecule has 0 saturated carbocycles. The van der Waals surface area contributed by atoms with E-state index >= 15 is 0 Å². The highest BCUT2D eigenvalue weighted by molar-refractivity contribution is 14.1. The summed E-state index contributed by atoms with van der Waals surface area (Å²) in [7, 11) is 1.83. The summed E-state index contributed by atoms with van der Waals surface area (Å²) in [6.07, 6.45) is 0. The van der Waals surface area contributed by atoms with Gasteiger partial charge in [0.2, 0.25) is 0 Å². The maximum absolute atomic E-state index is 13.0. The van der Waals surface area contributed by atoms with E-state index in [0.717, 1.165) is 5.69 Å². The molecule has 5 heteroatoms. The predicted molar refractivity (Wildman–Crippen MR) is 77.2 cm³/mol. The van der Waals surface area contributed by atoms with Crippen molar-refractivity contribution in [3.63, 3.8) is 0 Å². The van der Waals surface area contributed by atoms with Gasteiger partial charge in [0.25, 0.3) is 5.91 Å². The number of nitrogens with zero attached hydrogens (tertiary/aromatic N) is 1. The van der Waals surface area contributed by atoms with Crippen molar-refractivity contribution in [3.8, 4) is 0 Å². The minimum absolute atomic E-state index is 0.199. The Morgan fingerprint density at radius 1 is 1.33 bits per heavy atom. The summed E-state index contributed by atoms with van der Waals surface area (Å²) in [6, 6.07) is 7.91. The Kier molecular flexibility index (Phi) is 3.70. The molecular weight excluding hydrogens is 346 g/mol. The average Bonchev–Trinajstić information content (AvgIpc) is 2.64. The van der Waals surface area contributed by atoms with Crippen molar-refractivity contribution < 1.29 is 9.18 Å². The zero-order valence-corrected chi connectivity index (χ0v) is 12.2. The number of hydrogen-bond donors (Lipinski definition) is 1. The summed E-state index contributed by atoms with van der Waals surface area (Å²) in [5.74, 6) is -0.512. The number of carbonyl (C=O) groups is 1. The van der Waals surface area contributed by atoms with Gasteiger partial charge in [0.15, 0.2) is 0 Å². The van der Waals surface area contributed by atoms with E-state index in [1.54, 1.807) is 12.1 Å². The number of benzene rings is 1. The summed E-state index contributed by atoms with van der Waals surface area (Å²) < 4.78 is 15.4. The lowest BCUT2D eigenvalue weighted by molar-refractivity contribution is 0.101. The van der Waals surface area contributed by atoms with Gasteiger partial charge in [-0.25, -0.2) is 4.39 Å². The summed E-state index contributed by atoms with van der Waals surface area (Å²) >= 11 is 1.99. The van der Waals surface area contributed by atoms with Crippen LogP contribution >= 0.6 is 22.6 Å². The Hall–Kier alpha value is -1.37. The zero-order valence-electron chi connectivity index (χ0n) is 10.00. The third-order valence-corrected chi connectivity index (χ3v) is 3.68. The molecule has 1 amide bonds. The molecule has 1 N–H and O–H groups in total. The van der Waals surface area contributed by atoms with Gasteiger partial charge in [-0.3, -0.25) is 4.79 Å². The Labute approximate surface area is 118 Å². The summed E-state index contributed by atoms with van der Waals surface area (Å²) in [6.45, 7) is 1.93. The summed E-state index contributed by atoms with van der Waals surface area (Å²) in [5.41, 5.74) is 2.20. The van der Waals surface area contributed by atoms with E-state index < -0.39 is 0 Å². The minimum atomic E-state index is -0.313. The molecule has 0 atom stereocenters. The number of rotatable bonds is 2. The third-order valence-electron chi connectivity index (χ3n) is 2.78. The van der Waals surface area contributed by atoms with Crippen LogP contribution in [-0.4, -0.2) is 10.5 Å². The van der Waals surface area contributed by atoms with Crippen LogP contribution in [0, 0.1) is 16.3 Å².